The molecular weight excluding hydrogens is 288 g/mol. The van der Waals surface area contributed by atoms with Gasteiger partial charge in [0.05, 0.1) is 0 Å². The lowest BCUT2D eigenvalue weighted by atomic mass is 10.0. The van der Waals surface area contributed by atoms with Gasteiger partial charge in [-0.15, -0.1) is 0 Å². The average Bonchev–Trinajstić information content (AvgIpc) is 2.55. The second kappa shape index (κ2) is 13.0. The number of hydrogen-bond donors (Lipinski definition) is 1. The van der Waals surface area contributed by atoms with Gasteiger partial charge < -0.3 is 9.84 Å². The average molecular weight is 320 g/mol. The molecule has 1 aromatic carbocycles. The summed E-state index contributed by atoms with van der Waals surface area (Å²) in [6.07, 6.45) is 10.9. The Morgan fingerprint density at radius 3 is 2.17 bits per heavy atom. The van der Waals surface area contributed by atoms with Crippen LogP contribution in [0.2, 0.25) is 0 Å². The minimum atomic E-state index is -1.13. The molecule has 130 valence electrons. The van der Waals surface area contributed by atoms with E-state index in [1.807, 2.05) is 6.07 Å². The third-order valence-corrected chi connectivity index (χ3v) is 4.23. The van der Waals surface area contributed by atoms with Crippen molar-refractivity contribution in [2.45, 2.75) is 83.7 Å². The van der Waals surface area contributed by atoms with Crippen LogP contribution < -0.4 is 0 Å². The van der Waals surface area contributed by atoms with Gasteiger partial charge in [-0.05, 0) is 44.1 Å². The van der Waals surface area contributed by atoms with Crippen molar-refractivity contribution in [2.75, 3.05) is 0 Å². The lowest BCUT2D eigenvalue weighted by Crippen LogP contribution is -2.16. The summed E-state index contributed by atoms with van der Waals surface area (Å²) < 4.78 is 5.02. The van der Waals surface area contributed by atoms with Gasteiger partial charge in [-0.3, -0.25) is 0 Å². The number of ether oxygens (including phenoxy) is 1. The van der Waals surface area contributed by atoms with Crippen LogP contribution >= 0.6 is 0 Å². The van der Waals surface area contributed by atoms with Crippen molar-refractivity contribution in [3.8, 4) is 0 Å². The second-order valence-corrected chi connectivity index (χ2v) is 6.29. The molecule has 0 spiro atoms. The first-order valence-corrected chi connectivity index (χ1v) is 9.16. The van der Waals surface area contributed by atoms with E-state index in [4.69, 9.17) is 9.84 Å². The van der Waals surface area contributed by atoms with Crippen molar-refractivity contribution in [3.05, 3.63) is 35.9 Å². The maximum Gasteiger partial charge on any atom is 0.506 e. The molecule has 1 unspecified atom stereocenters. The van der Waals surface area contributed by atoms with E-state index in [-0.39, 0.29) is 6.10 Å². The van der Waals surface area contributed by atoms with Gasteiger partial charge in [0.2, 0.25) is 0 Å². The molecule has 3 heteroatoms. The number of carboxylic acid groups (broad SMARTS) is 1. The summed E-state index contributed by atoms with van der Waals surface area (Å²) in [4.78, 5) is 10.8. The molecule has 0 aliphatic carbocycles. The fraction of sp³-hybridized carbons (Fsp3) is 0.650. The SMILES string of the molecule is CCCCCCC(CCCCCCc1ccccc1)OC(=O)O. The minimum absolute atomic E-state index is 0.113. The zero-order valence-electron chi connectivity index (χ0n) is 14.5. The van der Waals surface area contributed by atoms with E-state index >= 15 is 0 Å². The highest BCUT2D eigenvalue weighted by Crippen LogP contribution is 2.16. The van der Waals surface area contributed by atoms with Gasteiger partial charge in [0.1, 0.15) is 6.10 Å². The summed E-state index contributed by atoms with van der Waals surface area (Å²) in [6.45, 7) is 2.18. The first-order chi connectivity index (χ1) is 11.2. The normalized spacial score (nSPS) is 12.0. The Morgan fingerprint density at radius 1 is 0.957 bits per heavy atom. The van der Waals surface area contributed by atoms with Crippen LogP contribution in [0.5, 0.6) is 0 Å². The van der Waals surface area contributed by atoms with Crippen LogP contribution in [0.15, 0.2) is 30.3 Å². The Morgan fingerprint density at radius 2 is 1.57 bits per heavy atom. The fourth-order valence-electron chi connectivity index (χ4n) is 2.90. The summed E-state index contributed by atoms with van der Waals surface area (Å²) in [7, 11) is 0. The molecule has 0 aromatic heterocycles. The van der Waals surface area contributed by atoms with Crippen LogP contribution in [0.1, 0.15) is 76.7 Å². The van der Waals surface area contributed by atoms with Gasteiger partial charge >= 0.3 is 6.16 Å². The van der Waals surface area contributed by atoms with Crippen LogP contribution in [-0.4, -0.2) is 17.4 Å². The lowest BCUT2D eigenvalue weighted by Gasteiger charge is -2.15. The number of hydrogen-bond acceptors (Lipinski definition) is 2. The first-order valence-electron chi connectivity index (χ1n) is 9.16. The van der Waals surface area contributed by atoms with E-state index in [1.54, 1.807) is 0 Å². The predicted molar refractivity (Wildman–Crippen MR) is 94.9 cm³/mol. The zero-order chi connectivity index (χ0) is 16.8. The van der Waals surface area contributed by atoms with Crippen molar-refractivity contribution in [1.82, 2.24) is 0 Å². The van der Waals surface area contributed by atoms with Gasteiger partial charge in [-0.25, -0.2) is 4.79 Å². The number of unbranched alkanes of at least 4 members (excludes halogenated alkanes) is 6. The molecule has 0 amide bonds. The van der Waals surface area contributed by atoms with Crippen molar-refractivity contribution >= 4 is 6.16 Å². The molecule has 1 N–H and O–H groups in total. The van der Waals surface area contributed by atoms with Gasteiger partial charge in [-0.1, -0.05) is 69.4 Å². The van der Waals surface area contributed by atoms with Crippen LogP contribution in [0.4, 0.5) is 4.79 Å². The zero-order valence-corrected chi connectivity index (χ0v) is 14.5. The van der Waals surface area contributed by atoms with Crippen LogP contribution in [0.25, 0.3) is 0 Å². The Bertz CT molecular complexity index is 403. The Hall–Kier alpha value is -1.51. The van der Waals surface area contributed by atoms with E-state index in [1.165, 1.54) is 37.7 Å². The van der Waals surface area contributed by atoms with Crippen molar-refractivity contribution in [3.63, 3.8) is 0 Å². The van der Waals surface area contributed by atoms with Crippen molar-refractivity contribution in [2.24, 2.45) is 0 Å². The topological polar surface area (TPSA) is 46.5 Å². The van der Waals surface area contributed by atoms with E-state index in [9.17, 15) is 4.79 Å². The summed E-state index contributed by atoms with van der Waals surface area (Å²) >= 11 is 0. The van der Waals surface area contributed by atoms with Crippen molar-refractivity contribution in [1.29, 1.82) is 0 Å². The number of aryl methyl sites for hydroxylation is 1. The molecule has 1 aromatic rings. The highest BCUT2D eigenvalue weighted by atomic mass is 16.7. The highest BCUT2D eigenvalue weighted by molar-refractivity contribution is 5.57. The molecule has 1 rings (SSSR count). The van der Waals surface area contributed by atoms with Gasteiger partial charge in [-0.2, -0.15) is 0 Å². The molecular formula is C20H32O3. The molecule has 0 radical (unpaired) electrons. The molecule has 0 heterocycles. The molecule has 0 bridgehead atoms. The monoisotopic (exact) mass is 320 g/mol. The predicted octanol–water partition coefficient (Wildman–Crippen LogP) is 6.21. The Balaban J connectivity index is 2.09. The minimum Gasteiger partial charge on any atom is -0.450 e. The number of rotatable bonds is 13. The third kappa shape index (κ3) is 10.8. The Labute approximate surface area is 141 Å². The largest absolute Gasteiger partial charge is 0.506 e. The molecule has 23 heavy (non-hydrogen) atoms. The first kappa shape index (κ1) is 19.5. The van der Waals surface area contributed by atoms with Gasteiger partial charge in [0.25, 0.3) is 0 Å². The number of carbonyl (C=O) groups is 1. The smallest absolute Gasteiger partial charge is 0.450 e. The van der Waals surface area contributed by atoms with Crippen LogP contribution in [0.3, 0.4) is 0 Å². The molecule has 0 aliphatic rings. The van der Waals surface area contributed by atoms with Crippen molar-refractivity contribution < 1.29 is 14.6 Å². The van der Waals surface area contributed by atoms with E-state index in [2.05, 4.69) is 31.2 Å². The fourth-order valence-corrected chi connectivity index (χ4v) is 2.90. The standard InChI is InChI=1S/C20H32O3/c1-2-3-4-11-16-19(23-20(21)22)17-12-6-5-8-13-18-14-9-7-10-15-18/h7,9-10,14-15,19H,2-6,8,11-13,16-17H2,1H3,(H,21,22). The maximum atomic E-state index is 10.8. The number of benzene rings is 1. The molecule has 0 fully saturated rings. The van der Waals surface area contributed by atoms with E-state index < -0.39 is 6.16 Å². The summed E-state index contributed by atoms with van der Waals surface area (Å²) in [5.74, 6) is 0. The molecule has 3 nitrogen and oxygen atoms in total. The van der Waals surface area contributed by atoms with Crippen LogP contribution in [0, 0.1) is 0 Å². The second-order valence-electron chi connectivity index (χ2n) is 6.29. The maximum absolute atomic E-state index is 10.8. The van der Waals surface area contributed by atoms with E-state index in [0.29, 0.717) is 0 Å². The van der Waals surface area contributed by atoms with E-state index in [0.717, 1.165) is 38.5 Å². The quantitative estimate of drug-likeness (QED) is 0.347. The van der Waals surface area contributed by atoms with Gasteiger partial charge in [0.15, 0.2) is 0 Å². The van der Waals surface area contributed by atoms with Crippen LogP contribution in [-0.2, 0) is 11.2 Å². The summed E-state index contributed by atoms with van der Waals surface area (Å²) in [6, 6.07) is 10.6. The molecule has 0 aliphatic heterocycles. The molecule has 0 saturated carbocycles. The highest BCUT2D eigenvalue weighted by Gasteiger charge is 2.12. The summed E-state index contributed by atoms with van der Waals surface area (Å²) in [5.41, 5.74) is 1.40. The summed E-state index contributed by atoms with van der Waals surface area (Å²) in [5, 5.41) is 8.83. The Kier molecular flexibility index (Phi) is 11.0. The molecule has 1 atom stereocenters. The molecule has 0 saturated heterocycles. The van der Waals surface area contributed by atoms with Gasteiger partial charge in [0, 0.05) is 0 Å². The lowest BCUT2D eigenvalue weighted by molar-refractivity contribution is 0.0423. The third-order valence-electron chi connectivity index (χ3n) is 4.23.